The van der Waals surface area contributed by atoms with Crippen LogP contribution in [0.4, 0.5) is 18.9 Å². The van der Waals surface area contributed by atoms with Gasteiger partial charge in [0.15, 0.2) is 0 Å². The Labute approximate surface area is 104 Å². The van der Waals surface area contributed by atoms with E-state index in [1.54, 1.807) is 18.2 Å². The van der Waals surface area contributed by atoms with Crippen molar-refractivity contribution in [3.63, 3.8) is 0 Å². The van der Waals surface area contributed by atoms with E-state index in [0.29, 0.717) is 11.6 Å². The molecule has 1 aromatic carbocycles. The number of thioether (sulfide) groups is 1. The summed E-state index contributed by atoms with van der Waals surface area (Å²) in [4.78, 5) is 0.215. The topological polar surface area (TPSA) is 12.0 Å². The fraction of sp³-hybridized carbons (Fsp3) is 0.500. The first-order valence-electron chi connectivity index (χ1n) is 5.41. The van der Waals surface area contributed by atoms with E-state index in [2.05, 4.69) is 5.32 Å². The smallest absolute Gasteiger partial charge is 0.381 e. The van der Waals surface area contributed by atoms with Crippen LogP contribution < -0.4 is 5.32 Å². The van der Waals surface area contributed by atoms with E-state index in [0.717, 1.165) is 0 Å². The number of anilines is 1. The van der Waals surface area contributed by atoms with Crippen LogP contribution in [-0.2, 0) is 0 Å². The van der Waals surface area contributed by atoms with Gasteiger partial charge in [-0.1, -0.05) is 26.0 Å². The molecule has 0 spiro atoms. The summed E-state index contributed by atoms with van der Waals surface area (Å²) in [7, 11) is 0. The maximum Gasteiger partial charge on any atom is 0.446 e. The molecule has 1 rings (SSSR count). The van der Waals surface area contributed by atoms with Gasteiger partial charge in [-0.05, 0) is 36.7 Å². The summed E-state index contributed by atoms with van der Waals surface area (Å²) in [6.45, 7) is 6.01. The Morgan fingerprint density at radius 3 is 2.24 bits per heavy atom. The molecule has 0 fully saturated rings. The minimum absolute atomic E-state index is 0.0814. The SMILES string of the molecule is CC(C)C(C)Nc1ccccc1SC(F)(F)F. The number of rotatable bonds is 4. The lowest BCUT2D eigenvalue weighted by molar-refractivity contribution is -0.0327. The second kappa shape index (κ2) is 5.67. The third kappa shape index (κ3) is 4.89. The minimum atomic E-state index is -4.25. The van der Waals surface area contributed by atoms with Gasteiger partial charge in [-0.2, -0.15) is 13.2 Å². The molecule has 0 aromatic heterocycles. The van der Waals surface area contributed by atoms with Crippen molar-refractivity contribution >= 4 is 17.4 Å². The molecular weight excluding hydrogens is 247 g/mol. The van der Waals surface area contributed by atoms with Crippen molar-refractivity contribution in [3.8, 4) is 0 Å². The lowest BCUT2D eigenvalue weighted by Crippen LogP contribution is -2.21. The molecule has 0 saturated heterocycles. The number of alkyl halides is 3. The van der Waals surface area contributed by atoms with Crippen LogP contribution in [0.5, 0.6) is 0 Å². The van der Waals surface area contributed by atoms with Crippen molar-refractivity contribution in [1.82, 2.24) is 0 Å². The summed E-state index contributed by atoms with van der Waals surface area (Å²) in [5.74, 6) is 0.360. The molecule has 96 valence electrons. The van der Waals surface area contributed by atoms with Crippen molar-refractivity contribution in [2.45, 2.75) is 37.2 Å². The van der Waals surface area contributed by atoms with Gasteiger partial charge in [0.25, 0.3) is 0 Å². The molecule has 1 atom stereocenters. The maximum atomic E-state index is 12.4. The second-order valence-corrected chi connectivity index (χ2v) is 5.33. The maximum absolute atomic E-state index is 12.4. The van der Waals surface area contributed by atoms with Crippen LogP contribution in [0.1, 0.15) is 20.8 Å². The average molecular weight is 263 g/mol. The third-order valence-corrected chi connectivity index (χ3v) is 3.30. The lowest BCUT2D eigenvalue weighted by Gasteiger charge is -2.21. The van der Waals surface area contributed by atoms with E-state index in [4.69, 9.17) is 0 Å². The summed E-state index contributed by atoms with van der Waals surface area (Å²) in [6, 6.07) is 6.63. The van der Waals surface area contributed by atoms with E-state index < -0.39 is 5.51 Å². The number of para-hydroxylation sites is 1. The quantitative estimate of drug-likeness (QED) is 0.786. The van der Waals surface area contributed by atoms with Crippen LogP contribution in [-0.4, -0.2) is 11.6 Å². The summed E-state index contributed by atoms with van der Waals surface area (Å²) < 4.78 is 37.1. The average Bonchev–Trinajstić information content (AvgIpc) is 2.18. The molecule has 0 aliphatic carbocycles. The van der Waals surface area contributed by atoms with Gasteiger partial charge in [-0.3, -0.25) is 0 Å². The zero-order valence-electron chi connectivity index (χ0n) is 10.0. The molecule has 0 heterocycles. The Morgan fingerprint density at radius 2 is 1.71 bits per heavy atom. The van der Waals surface area contributed by atoms with E-state index >= 15 is 0 Å². The highest BCUT2D eigenvalue weighted by Gasteiger charge is 2.30. The lowest BCUT2D eigenvalue weighted by atomic mass is 10.1. The Hall–Kier alpha value is -0.840. The predicted molar refractivity (Wildman–Crippen MR) is 66.3 cm³/mol. The largest absolute Gasteiger partial charge is 0.446 e. The normalized spacial score (nSPS) is 13.8. The third-order valence-electron chi connectivity index (χ3n) is 2.50. The number of nitrogens with one attached hydrogen (secondary N) is 1. The second-order valence-electron chi connectivity index (χ2n) is 4.22. The van der Waals surface area contributed by atoms with Crippen molar-refractivity contribution < 1.29 is 13.2 Å². The van der Waals surface area contributed by atoms with Crippen molar-refractivity contribution in [1.29, 1.82) is 0 Å². The van der Waals surface area contributed by atoms with E-state index in [-0.39, 0.29) is 22.7 Å². The Kier molecular flexibility index (Phi) is 4.74. The van der Waals surface area contributed by atoms with Crippen LogP contribution in [0, 0.1) is 5.92 Å². The summed E-state index contributed by atoms with van der Waals surface area (Å²) >= 11 is -0.0814. The highest BCUT2D eigenvalue weighted by Crippen LogP contribution is 2.40. The molecule has 0 saturated carbocycles. The van der Waals surface area contributed by atoms with Gasteiger partial charge in [-0.15, -0.1) is 0 Å². The molecule has 1 N–H and O–H groups in total. The Bertz CT molecular complexity index is 363. The Balaban J connectivity index is 2.85. The van der Waals surface area contributed by atoms with Gasteiger partial charge < -0.3 is 5.32 Å². The van der Waals surface area contributed by atoms with Crippen molar-refractivity contribution in [2.75, 3.05) is 5.32 Å². The van der Waals surface area contributed by atoms with Gasteiger partial charge in [0.2, 0.25) is 0 Å². The minimum Gasteiger partial charge on any atom is -0.381 e. The van der Waals surface area contributed by atoms with E-state index in [1.165, 1.54) is 6.07 Å². The van der Waals surface area contributed by atoms with Crippen LogP contribution in [0.15, 0.2) is 29.2 Å². The van der Waals surface area contributed by atoms with Gasteiger partial charge in [0.05, 0.1) is 0 Å². The summed E-state index contributed by atoms with van der Waals surface area (Å²) in [5, 5.41) is 3.11. The molecule has 5 heteroatoms. The molecule has 1 nitrogen and oxygen atoms in total. The van der Waals surface area contributed by atoms with Gasteiger partial charge >= 0.3 is 5.51 Å². The number of halogens is 3. The molecule has 1 aromatic rings. The molecule has 0 radical (unpaired) electrons. The highest BCUT2D eigenvalue weighted by atomic mass is 32.2. The molecule has 0 aliphatic heterocycles. The highest BCUT2D eigenvalue weighted by molar-refractivity contribution is 8.00. The molecule has 0 aliphatic rings. The Morgan fingerprint density at radius 1 is 1.12 bits per heavy atom. The first-order valence-corrected chi connectivity index (χ1v) is 6.22. The zero-order valence-corrected chi connectivity index (χ0v) is 10.8. The van der Waals surface area contributed by atoms with Gasteiger partial charge in [0.1, 0.15) is 0 Å². The molecular formula is C12H16F3NS. The summed E-state index contributed by atoms with van der Waals surface area (Å²) in [5.41, 5.74) is -3.71. The zero-order chi connectivity index (χ0) is 13.1. The molecule has 0 bridgehead atoms. The number of hydrogen-bond donors (Lipinski definition) is 1. The van der Waals surface area contributed by atoms with Crippen LogP contribution in [0.2, 0.25) is 0 Å². The molecule has 1 unspecified atom stereocenters. The molecule has 17 heavy (non-hydrogen) atoms. The number of benzene rings is 1. The van der Waals surface area contributed by atoms with Gasteiger partial charge in [0, 0.05) is 16.6 Å². The fourth-order valence-corrected chi connectivity index (χ4v) is 1.84. The predicted octanol–water partition coefficient (Wildman–Crippen LogP) is 4.75. The van der Waals surface area contributed by atoms with Crippen molar-refractivity contribution in [2.24, 2.45) is 5.92 Å². The van der Waals surface area contributed by atoms with Gasteiger partial charge in [-0.25, -0.2) is 0 Å². The first kappa shape index (κ1) is 14.2. The van der Waals surface area contributed by atoms with Crippen molar-refractivity contribution in [3.05, 3.63) is 24.3 Å². The first-order chi connectivity index (χ1) is 7.79. The van der Waals surface area contributed by atoms with Crippen LogP contribution in [0.25, 0.3) is 0 Å². The fourth-order valence-electron chi connectivity index (χ4n) is 1.21. The molecule has 0 amide bonds. The van der Waals surface area contributed by atoms with Crippen LogP contribution >= 0.6 is 11.8 Å². The van der Waals surface area contributed by atoms with E-state index in [1.807, 2.05) is 20.8 Å². The van der Waals surface area contributed by atoms with Crippen LogP contribution in [0.3, 0.4) is 0 Å². The monoisotopic (exact) mass is 263 g/mol. The number of hydrogen-bond acceptors (Lipinski definition) is 2. The standard InChI is InChI=1S/C12H16F3NS/c1-8(2)9(3)16-10-6-4-5-7-11(10)17-12(13,14)15/h4-9,16H,1-3H3. The van der Waals surface area contributed by atoms with E-state index in [9.17, 15) is 13.2 Å². The summed E-state index contributed by atoms with van der Waals surface area (Å²) in [6.07, 6.45) is 0.